The monoisotopic (exact) mass is 313 g/mol. The predicted octanol–water partition coefficient (Wildman–Crippen LogP) is 2.91. The summed E-state index contributed by atoms with van der Waals surface area (Å²) in [5.74, 6) is -0.115. The number of hydrogen-bond acceptors (Lipinski definition) is 5. The molecule has 0 aliphatic carbocycles. The fourth-order valence-corrected chi connectivity index (χ4v) is 2.14. The maximum absolute atomic E-state index is 12.5. The SMILES string of the molecule is Cc1ccc(C(=O)c2ccc([N+](=O)[O-])c(OCC3CO3)c2)cc1. The Kier molecular flexibility index (Phi) is 4.08. The lowest BCUT2D eigenvalue weighted by Gasteiger charge is -2.08. The van der Waals surface area contributed by atoms with Gasteiger partial charge in [0.15, 0.2) is 11.5 Å². The molecule has 1 aliphatic rings. The quantitative estimate of drug-likeness (QED) is 0.354. The zero-order chi connectivity index (χ0) is 16.4. The fraction of sp³-hybridized carbons (Fsp3) is 0.235. The fourth-order valence-electron chi connectivity index (χ4n) is 2.14. The standard InChI is InChI=1S/C17H15NO5/c1-11-2-4-12(5-3-11)17(19)13-6-7-15(18(20)21)16(8-13)23-10-14-9-22-14/h2-8,14H,9-10H2,1H3. The van der Waals surface area contributed by atoms with Crippen LogP contribution in [0.5, 0.6) is 5.75 Å². The van der Waals surface area contributed by atoms with E-state index in [2.05, 4.69) is 0 Å². The van der Waals surface area contributed by atoms with Gasteiger partial charge in [-0.3, -0.25) is 14.9 Å². The Morgan fingerprint density at radius 2 is 1.91 bits per heavy atom. The molecule has 6 nitrogen and oxygen atoms in total. The van der Waals surface area contributed by atoms with E-state index in [1.165, 1.54) is 18.2 Å². The highest BCUT2D eigenvalue weighted by molar-refractivity contribution is 6.09. The number of rotatable bonds is 6. The molecule has 2 aromatic carbocycles. The molecule has 23 heavy (non-hydrogen) atoms. The van der Waals surface area contributed by atoms with Crippen LogP contribution in [0.25, 0.3) is 0 Å². The van der Waals surface area contributed by atoms with E-state index >= 15 is 0 Å². The number of carbonyl (C=O) groups is 1. The van der Waals surface area contributed by atoms with Gasteiger partial charge in [-0.2, -0.15) is 0 Å². The summed E-state index contributed by atoms with van der Waals surface area (Å²) in [5.41, 5.74) is 1.77. The molecule has 1 saturated heterocycles. The molecule has 6 heteroatoms. The number of nitro benzene ring substituents is 1. The van der Waals surface area contributed by atoms with Crippen molar-refractivity contribution >= 4 is 11.5 Å². The van der Waals surface area contributed by atoms with Crippen molar-refractivity contribution in [3.8, 4) is 5.75 Å². The normalized spacial score (nSPS) is 16.0. The molecule has 0 bridgehead atoms. The molecular weight excluding hydrogens is 298 g/mol. The van der Waals surface area contributed by atoms with Crippen molar-refractivity contribution in [2.75, 3.05) is 13.2 Å². The van der Waals surface area contributed by atoms with Crippen LogP contribution in [0.15, 0.2) is 42.5 Å². The van der Waals surface area contributed by atoms with E-state index in [-0.39, 0.29) is 29.9 Å². The smallest absolute Gasteiger partial charge is 0.310 e. The molecule has 0 spiro atoms. The van der Waals surface area contributed by atoms with Crippen LogP contribution in [0.4, 0.5) is 5.69 Å². The van der Waals surface area contributed by atoms with Crippen LogP contribution in [0.3, 0.4) is 0 Å². The summed E-state index contributed by atoms with van der Waals surface area (Å²) in [6, 6.07) is 11.3. The molecule has 0 N–H and O–H groups in total. The van der Waals surface area contributed by atoms with Crippen molar-refractivity contribution in [2.45, 2.75) is 13.0 Å². The summed E-state index contributed by atoms with van der Waals surface area (Å²) < 4.78 is 10.5. The number of benzene rings is 2. The van der Waals surface area contributed by atoms with Crippen molar-refractivity contribution in [1.29, 1.82) is 0 Å². The van der Waals surface area contributed by atoms with Gasteiger partial charge in [0.25, 0.3) is 0 Å². The maximum Gasteiger partial charge on any atom is 0.310 e. The van der Waals surface area contributed by atoms with Crippen LogP contribution in [-0.4, -0.2) is 30.0 Å². The number of carbonyl (C=O) groups excluding carboxylic acids is 1. The van der Waals surface area contributed by atoms with E-state index < -0.39 is 4.92 Å². The molecule has 1 fully saturated rings. The van der Waals surface area contributed by atoms with Crippen molar-refractivity contribution in [3.63, 3.8) is 0 Å². The van der Waals surface area contributed by atoms with E-state index in [0.717, 1.165) is 5.56 Å². The highest BCUT2D eigenvalue weighted by Crippen LogP contribution is 2.29. The highest BCUT2D eigenvalue weighted by Gasteiger charge is 2.26. The number of nitrogens with zero attached hydrogens (tertiary/aromatic N) is 1. The molecule has 0 amide bonds. The molecule has 1 unspecified atom stereocenters. The molecular formula is C17H15NO5. The van der Waals surface area contributed by atoms with Crippen LogP contribution in [0.1, 0.15) is 21.5 Å². The number of hydrogen-bond donors (Lipinski definition) is 0. The number of aryl methyl sites for hydroxylation is 1. The van der Waals surface area contributed by atoms with E-state index in [1.807, 2.05) is 19.1 Å². The Morgan fingerprint density at radius 1 is 1.26 bits per heavy atom. The average molecular weight is 313 g/mol. The van der Waals surface area contributed by atoms with Crippen molar-refractivity contribution in [3.05, 3.63) is 69.3 Å². The summed E-state index contributed by atoms with van der Waals surface area (Å²) in [4.78, 5) is 23.0. The maximum atomic E-state index is 12.5. The lowest BCUT2D eigenvalue weighted by molar-refractivity contribution is -0.385. The van der Waals surface area contributed by atoms with Gasteiger partial charge in [0.05, 0.1) is 11.5 Å². The number of ether oxygens (including phenoxy) is 2. The Labute approximate surface area is 132 Å². The van der Waals surface area contributed by atoms with Crippen LogP contribution >= 0.6 is 0 Å². The molecule has 0 aromatic heterocycles. The van der Waals surface area contributed by atoms with Gasteiger partial charge in [-0.1, -0.05) is 29.8 Å². The Balaban J connectivity index is 1.89. The zero-order valence-electron chi connectivity index (χ0n) is 12.5. The Bertz CT molecular complexity index is 750. The number of ketones is 1. The molecule has 3 rings (SSSR count). The van der Waals surface area contributed by atoms with Crippen molar-refractivity contribution in [1.82, 2.24) is 0 Å². The highest BCUT2D eigenvalue weighted by atomic mass is 16.6. The van der Waals surface area contributed by atoms with Gasteiger partial charge in [0.1, 0.15) is 12.7 Å². The zero-order valence-corrected chi connectivity index (χ0v) is 12.5. The van der Waals surface area contributed by atoms with E-state index in [4.69, 9.17) is 9.47 Å². The van der Waals surface area contributed by atoms with Gasteiger partial charge in [0, 0.05) is 17.2 Å². The first-order valence-corrected chi connectivity index (χ1v) is 7.19. The van der Waals surface area contributed by atoms with Crippen molar-refractivity contribution in [2.24, 2.45) is 0 Å². The largest absolute Gasteiger partial charge is 0.484 e. The first-order chi connectivity index (χ1) is 11.0. The molecule has 0 saturated carbocycles. The van der Waals surface area contributed by atoms with E-state index in [1.54, 1.807) is 12.1 Å². The molecule has 2 aromatic rings. The third-order valence-electron chi connectivity index (χ3n) is 3.56. The van der Waals surface area contributed by atoms with Gasteiger partial charge in [-0.25, -0.2) is 0 Å². The predicted molar refractivity (Wildman–Crippen MR) is 82.9 cm³/mol. The van der Waals surface area contributed by atoms with Gasteiger partial charge in [-0.15, -0.1) is 0 Å². The summed E-state index contributed by atoms with van der Waals surface area (Å²) in [7, 11) is 0. The second kappa shape index (κ2) is 6.18. The molecule has 1 atom stereocenters. The minimum atomic E-state index is -0.525. The third kappa shape index (κ3) is 3.54. The number of nitro groups is 1. The molecule has 1 heterocycles. The Morgan fingerprint density at radius 3 is 2.52 bits per heavy atom. The summed E-state index contributed by atoms with van der Waals surface area (Å²) in [6.07, 6.45) is -0.0222. The number of epoxide rings is 1. The van der Waals surface area contributed by atoms with Crippen LogP contribution in [-0.2, 0) is 4.74 Å². The lowest BCUT2D eigenvalue weighted by Crippen LogP contribution is -2.08. The van der Waals surface area contributed by atoms with Crippen LogP contribution < -0.4 is 4.74 Å². The minimum absolute atomic E-state index is 0.0222. The Hall–Kier alpha value is -2.73. The van der Waals surface area contributed by atoms with Gasteiger partial charge in [-0.05, 0) is 19.1 Å². The summed E-state index contributed by atoms with van der Waals surface area (Å²) in [5, 5.41) is 11.1. The van der Waals surface area contributed by atoms with E-state index in [0.29, 0.717) is 17.7 Å². The lowest BCUT2D eigenvalue weighted by atomic mass is 10.0. The second-order valence-corrected chi connectivity index (χ2v) is 5.40. The minimum Gasteiger partial charge on any atom is -0.484 e. The molecule has 1 aliphatic heterocycles. The molecule has 0 radical (unpaired) electrons. The van der Waals surface area contributed by atoms with Gasteiger partial charge >= 0.3 is 5.69 Å². The summed E-state index contributed by atoms with van der Waals surface area (Å²) in [6.45, 7) is 2.77. The first kappa shape index (κ1) is 15.2. The van der Waals surface area contributed by atoms with Crippen LogP contribution in [0, 0.1) is 17.0 Å². The van der Waals surface area contributed by atoms with E-state index in [9.17, 15) is 14.9 Å². The second-order valence-electron chi connectivity index (χ2n) is 5.40. The van der Waals surface area contributed by atoms with Gasteiger partial charge < -0.3 is 9.47 Å². The average Bonchev–Trinajstić information content (AvgIpc) is 3.37. The third-order valence-corrected chi connectivity index (χ3v) is 3.56. The van der Waals surface area contributed by atoms with Crippen LogP contribution in [0.2, 0.25) is 0 Å². The summed E-state index contributed by atoms with van der Waals surface area (Å²) >= 11 is 0. The van der Waals surface area contributed by atoms with Gasteiger partial charge in [0.2, 0.25) is 0 Å². The van der Waals surface area contributed by atoms with Crippen molar-refractivity contribution < 1.29 is 19.2 Å². The first-order valence-electron chi connectivity index (χ1n) is 7.19. The topological polar surface area (TPSA) is 82.0 Å². The molecule has 118 valence electrons.